The highest BCUT2D eigenvalue weighted by atomic mass is 16.5. The fourth-order valence-corrected chi connectivity index (χ4v) is 4.04. The molecule has 0 heterocycles. The summed E-state index contributed by atoms with van der Waals surface area (Å²) in [6, 6.07) is 9.60. The summed E-state index contributed by atoms with van der Waals surface area (Å²) in [5.41, 5.74) is -0.330. The molecule has 0 saturated heterocycles. The molecule has 21 heavy (non-hydrogen) atoms. The minimum Gasteiger partial charge on any atom is -0.479 e. The predicted molar refractivity (Wildman–Crippen MR) is 81.1 cm³/mol. The Morgan fingerprint density at radius 2 is 1.57 bits per heavy atom. The number of carbonyl (C=O) groups is 1. The molecule has 2 saturated carbocycles. The Bertz CT molecular complexity index is 472. The third-order valence-electron chi connectivity index (χ3n) is 5.11. The first kappa shape index (κ1) is 14.6. The Balaban J connectivity index is 1.99. The van der Waals surface area contributed by atoms with E-state index in [1.807, 2.05) is 30.3 Å². The van der Waals surface area contributed by atoms with Gasteiger partial charge in [0.25, 0.3) is 0 Å². The maximum absolute atomic E-state index is 12.3. The Kier molecular flexibility index (Phi) is 4.29. The predicted octanol–water partition coefficient (Wildman–Crippen LogP) is 4.12. The van der Waals surface area contributed by atoms with Crippen molar-refractivity contribution in [1.82, 2.24) is 0 Å². The van der Waals surface area contributed by atoms with Crippen LogP contribution in [0.2, 0.25) is 0 Å². The van der Waals surface area contributed by atoms with Gasteiger partial charge in [-0.3, -0.25) is 0 Å². The van der Waals surface area contributed by atoms with Crippen molar-refractivity contribution in [3.05, 3.63) is 35.9 Å². The van der Waals surface area contributed by atoms with Gasteiger partial charge in [-0.05, 0) is 31.2 Å². The first-order valence-corrected chi connectivity index (χ1v) is 8.20. The Hall–Kier alpha value is -1.35. The third-order valence-corrected chi connectivity index (χ3v) is 5.11. The summed E-state index contributed by atoms with van der Waals surface area (Å²) in [4.78, 5) is 12.3. The molecule has 1 unspecified atom stereocenters. The van der Waals surface area contributed by atoms with Gasteiger partial charge < -0.3 is 9.84 Å². The van der Waals surface area contributed by atoms with Crippen LogP contribution in [0.1, 0.15) is 56.9 Å². The molecule has 3 heteroatoms. The molecule has 2 aliphatic rings. The summed E-state index contributed by atoms with van der Waals surface area (Å²) >= 11 is 0. The van der Waals surface area contributed by atoms with Gasteiger partial charge in [-0.25, -0.2) is 4.79 Å². The van der Waals surface area contributed by atoms with Gasteiger partial charge in [-0.2, -0.15) is 0 Å². The Morgan fingerprint density at radius 1 is 1.00 bits per heavy atom. The quantitative estimate of drug-likeness (QED) is 0.886. The molecule has 1 aromatic carbocycles. The average molecular weight is 288 g/mol. The first-order chi connectivity index (χ1) is 10.2. The highest BCUT2D eigenvalue weighted by Gasteiger charge is 2.51. The molecule has 1 N–H and O–H groups in total. The van der Waals surface area contributed by atoms with Gasteiger partial charge in [0.15, 0.2) is 5.60 Å². The fourth-order valence-electron chi connectivity index (χ4n) is 4.04. The van der Waals surface area contributed by atoms with Gasteiger partial charge >= 0.3 is 5.97 Å². The maximum atomic E-state index is 12.3. The molecule has 3 nitrogen and oxygen atoms in total. The van der Waals surface area contributed by atoms with Crippen molar-refractivity contribution in [2.45, 2.75) is 63.1 Å². The second-order valence-corrected chi connectivity index (χ2v) is 6.41. The van der Waals surface area contributed by atoms with Crippen molar-refractivity contribution >= 4 is 5.97 Å². The van der Waals surface area contributed by atoms with Crippen molar-refractivity contribution in [2.24, 2.45) is 5.92 Å². The fraction of sp³-hybridized carbons (Fsp3) is 0.611. The summed E-state index contributed by atoms with van der Waals surface area (Å²) in [6.07, 6.45) is 8.52. The average Bonchev–Trinajstić information content (AvgIpc) is 3.19. The van der Waals surface area contributed by atoms with Crippen LogP contribution in [-0.4, -0.2) is 17.2 Å². The number of hydrogen-bond donors (Lipinski definition) is 1. The van der Waals surface area contributed by atoms with E-state index in [0.717, 1.165) is 56.9 Å². The molecular weight excluding hydrogens is 264 g/mol. The van der Waals surface area contributed by atoms with Gasteiger partial charge in [0.1, 0.15) is 0 Å². The number of rotatable bonds is 5. The molecule has 3 rings (SSSR count). The van der Waals surface area contributed by atoms with Gasteiger partial charge in [0, 0.05) is 5.92 Å². The molecule has 0 bridgehead atoms. The minimum atomic E-state index is -1.15. The van der Waals surface area contributed by atoms with Crippen LogP contribution >= 0.6 is 0 Å². The summed E-state index contributed by atoms with van der Waals surface area (Å²) in [5, 5.41) is 10.1. The van der Waals surface area contributed by atoms with Gasteiger partial charge in [0.05, 0.1) is 6.10 Å². The van der Waals surface area contributed by atoms with Crippen LogP contribution in [0.15, 0.2) is 30.3 Å². The van der Waals surface area contributed by atoms with Crippen LogP contribution in [0.3, 0.4) is 0 Å². The van der Waals surface area contributed by atoms with E-state index in [9.17, 15) is 9.90 Å². The molecule has 2 fully saturated rings. The summed E-state index contributed by atoms with van der Waals surface area (Å²) in [7, 11) is 0. The number of hydrogen-bond acceptors (Lipinski definition) is 2. The van der Waals surface area contributed by atoms with Gasteiger partial charge in [-0.15, -0.1) is 0 Å². The van der Waals surface area contributed by atoms with Crippen molar-refractivity contribution in [1.29, 1.82) is 0 Å². The number of carboxylic acids is 1. The number of ether oxygens (including phenoxy) is 1. The lowest BCUT2D eigenvalue weighted by Crippen LogP contribution is -2.46. The maximum Gasteiger partial charge on any atom is 0.340 e. The zero-order chi connectivity index (χ0) is 14.7. The normalized spacial score (nSPS) is 23.2. The highest BCUT2D eigenvalue weighted by molar-refractivity contribution is 5.80. The van der Waals surface area contributed by atoms with Crippen LogP contribution in [0, 0.1) is 5.92 Å². The topological polar surface area (TPSA) is 46.5 Å². The zero-order valence-electron chi connectivity index (χ0n) is 12.5. The van der Waals surface area contributed by atoms with E-state index in [0.29, 0.717) is 0 Å². The summed E-state index contributed by atoms with van der Waals surface area (Å²) < 4.78 is 6.33. The van der Waals surface area contributed by atoms with Crippen LogP contribution in [0.5, 0.6) is 0 Å². The molecule has 0 radical (unpaired) electrons. The molecule has 0 amide bonds. The third kappa shape index (κ3) is 2.71. The Labute approximate surface area is 126 Å². The standard InChI is InChI=1S/C18H24O3/c19-17(20)18(15-10-4-5-11-15,14-8-2-1-3-9-14)21-16-12-6-7-13-16/h1-3,8-9,15-16H,4-7,10-13H2,(H,19,20). The molecule has 1 atom stereocenters. The molecule has 0 aliphatic heterocycles. The van der Waals surface area contributed by atoms with E-state index in [2.05, 4.69) is 0 Å². The zero-order valence-corrected chi connectivity index (χ0v) is 12.5. The van der Waals surface area contributed by atoms with Crippen LogP contribution < -0.4 is 0 Å². The highest BCUT2D eigenvalue weighted by Crippen LogP contribution is 2.45. The first-order valence-electron chi connectivity index (χ1n) is 8.20. The number of carboxylic acid groups (broad SMARTS) is 1. The van der Waals surface area contributed by atoms with Crippen LogP contribution in [-0.2, 0) is 15.1 Å². The van der Waals surface area contributed by atoms with Crippen molar-refractivity contribution < 1.29 is 14.6 Å². The molecular formula is C18H24O3. The van der Waals surface area contributed by atoms with Crippen molar-refractivity contribution in [2.75, 3.05) is 0 Å². The van der Waals surface area contributed by atoms with Gasteiger partial charge in [0.2, 0.25) is 0 Å². The minimum absolute atomic E-state index is 0.0954. The van der Waals surface area contributed by atoms with E-state index in [-0.39, 0.29) is 12.0 Å². The van der Waals surface area contributed by atoms with Crippen LogP contribution in [0.25, 0.3) is 0 Å². The molecule has 114 valence electrons. The molecule has 1 aromatic rings. The number of benzene rings is 1. The molecule has 0 aromatic heterocycles. The molecule has 2 aliphatic carbocycles. The van der Waals surface area contributed by atoms with E-state index < -0.39 is 11.6 Å². The second kappa shape index (κ2) is 6.18. The van der Waals surface area contributed by atoms with Gasteiger partial charge in [-0.1, -0.05) is 56.0 Å². The largest absolute Gasteiger partial charge is 0.479 e. The van der Waals surface area contributed by atoms with E-state index in [1.54, 1.807) is 0 Å². The monoisotopic (exact) mass is 288 g/mol. The van der Waals surface area contributed by atoms with E-state index in [1.165, 1.54) is 0 Å². The SMILES string of the molecule is O=C(O)C(OC1CCCC1)(c1ccccc1)C1CCCC1. The summed E-state index contributed by atoms with van der Waals surface area (Å²) in [6.45, 7) is 0. The van der Waals surface area contributed by atoms with Crippen molar-refractivity contribution in [3.8, 4) is 0 Å². The second-order valence-electron chi connectivity index (χ2n) is 6.41. The van der Waals surface area contributed by atoms with E-state index >= 15 is 0 Å². The molecule has 0 spiro atoms. The lowest BCUT2D eigenvalue weighted by Gasteiger charge is -2.38. The number of aliphatic carboxylic acids is 1. The van der Waals surface area contributed by atoms with E-state index in [4.69, 9.17) is 4.74 Å². The summed E-state index contributed by atoms with van der Waals surface area (Å²) in [5.74, 6) is -0.717. The Morgan fingerprint density at radius 3 is 2.14 bits per heavy atom. The lowest BCUT2D eigenvalue weighted by atomic mass is 9.79. The smallest absolute Gasteiger partial charge is 0.340 e. The van der Waals surface area contributed by atoms with Crippen LogP contribution in [0.4, 0.5) is 0 Å². The lowest BCUT2D eigenvalue weighted by molar-refractivity contribution is -0.187. The van der Waals surface area contributed by atoms with Crippen molar-refractivity contribution in [3.63, 3.8) is 0 Å².